The van der Waals surface area contributed by atoms with Crippen LogP contribution in [-0.4, -0.2) is 46.5 Å². The van der Waals surface area contributed by atoms with Crippen molar-refractivity contribution in [3.8, 4) is 12.3 Å². The van der Waals surface area contributed by atoms with E-state index in [0.717, 1.165) is 6.54 Å². The van der Waals surface area contributed by atoms with Gasteiger partial charge in [0.25, 0.3) is 0 Å². The first-order valence-electron chi connectivity index (χ1n) is 6.74. The van der Waals surface area contributed by atoms with Crippen LogP contribution in [0, 0.1) is 12.3 Å². The fourth-order valence-corrected chi connectivity index (χ4v) is 2.23. The van der Waals surface area contributed by atoms with E-state index in [1.807, 2.05) is 19.3 Å². The normalized spacial score (nSPS) is 16.5. The fourth-order valence-electron chi connectivity index (χ4n) is 2.23. The molecule has 0 saturated heterocycles. The maximum Gasteiger partial charge on any atom is 0.107 e. The maximum atomic E-state index is 9.98. The Morgan fingerprint density at radius 3 is 3.00 bits per heavy atom. The molecule has 4 nitrogen and oxygen atoms in total. The zero-order valence-electron chi connectivity index (χ0n) is 11.5. The first kappa shape index (κ1) is 14.1. The molecule has 1 N–H and O–H groups in total. The first-order valence-corrected chi connectivity index (χ1v) is 6.74. The van der Waals surface area contributed by atoms with Gasteiger partial charge in [-0.3, -0.25) is 4.90 Å². The van der Waals surface area contributed by atoms with Gasteiger partial charge in [-0.25, -0.2) is 0 Å². The summed E-state index contributed by atoms with van der Waals surface area (Å²) in [7, 11) is 2.05. The third kappa shape index (κ3) is 4.39. The van der Waals surface area contributed by atoms with Crippen molar-refractivity contribution in [3.63, 3.8) is 0 Å². The molecule has 0 bridgehead atoms. The SMILES string of the molecule is C#CCOCC(O)CN(Cc1cccn1C)C1CC1. The molecule has 1 saturated carbocycles. The summed E-state index contributed by atoms with van der Waals surface area (Å²) in [5.74, 6) is 2.41. The monoisotopic (exact) mass is 262 g/mol. The average molecular weight is 262 g/mol. The van der Waals surface area contributed by atoms with Crippen molar-refractivity contribution >= 4 is 0 Å². The first-order chi connectivity index (χ1) is 9.20. The maximum absolute atomic E-state index is 9.98. The zero-order chi connectivity index (χ0) is 13.7. The number of aliphatic hydroxyl groups excluding tert-OH is 1. The Hall–Kier alpha value is -1.28. The summed E-state index contributed by atoms with van der Waals surface area (Å²) in [6, 6.07) is 4.78. The van der Waals surface area contributed by atoms with Gasteiger partial charge >= 0.3 is 0 Å². The Bertz CT molecular complexity index is 432. The second-order valence-corrected chi connectivity index (χ2v) is 5.14. The van der Waals surface area contributed by atoms with Crippen molar-refractivity contribution in [3.05, 3.63) is 24.0 Å². The highest BCUT2D eigenvalue weighted by Gasteiger charge is 2.30. The van der Waals surface area contributed by atoms with E-state index in [1.54, 1.807) is 0 Å². The smallest absolute Gasteiger partial charge is 0.107 e. The molecule has 4 heteroatoms. The highest BCUT2D eigenvalue weighted by molar-refractivity contribution is 5.07. The zero-order valence-corrected chi connectivity index (χ0v) is 11.5. The topological polar surface area (TPSA) is 37.6 Å². The minimum absolute atomic E-state index is 0.262. The Kier molecular flexibility index (Phi) is 5.03. The second-order valence-electron chi connectivity index (χ2n) is 5.14. The fraction of sp³-hybridized carbons (Fsp3) is 0.600. The third-order valence-electron chi connectivity index (χ3n) is 3.42. The second kappa shape index (κ2) is 6.76. The van der Waals surface area contributed by atoms with E-state index in [-0.39, 0.29) is 6.61 Å². The summed E-state index contributed by atoms with van der Waals surface area (Å²) >= 11 is 0. The van der Waals surface area contributed by atoms with Gasteiger partial charge in [-0.2, -0.15) is 0 Å². The van der Waals surface area contributed by atoms with Crippen molar-refractivity contribution in [1.82, 2.24) is 9.47 Å². The lowest BCUT2D eigenvalue weighted by atomic mass is 10.3. The number of aromatic nitrogens is 1. The van der Waals surface area contributed by atoms with Crippen LogP contribution in [0.2, 0.25) is 0 Å². The molecule has 1 aliphatic carbocycles. The van der Waals surface area contributed by atoms with Crippen LogP contribution >= 0.6 is 0 Å². The van der Waals surface area contributed by atoms with Gasteiger partial charge in [-0.05, 0) is 25.0 Å². The van der Waals surface area contributed by atoms with Crippen LogP contribution in [0.3, 0.4) is 0 Å². The largest absolute Gasteiger partial charge is 0.389 e. The summed E-state index contributed by atoms with van der Waals surface area (Å²) in [5.41, 5.74) is 1.27. The van der Waals surface area contributed by atoms with Gasteiger partial charge in [0, 0.05) is 38.1 Å². The molecule has 0 radical (unpaired) electrons. The van der Waals surface area contributed by atoms with Crippen LogP contribution in [0.1, 0.15) is 18.5 Å². The van der Waals surface area contributed by atoms with Crippen LogP contribution in [0.15, 0.2) is 18.3 Å². The number of aliphatic hydroxyl groups is 1. The summed E-state index contributed by atoms with van der Waals surface area (Å²) in [5, 5.41) is 9.98. The van der Waals surface area contributed by atoms with Crippen LogP contribution in [0.5, 0.6) is 0 Å². The van der Waals surface area contributed by atoms with Gasteiger partial charge in [-0.1, -0.05) is 5.92 Å². The van der Waals surface area contributed by atoms with E-state index in [2.05, 4.69) is 21.5 Å². The standard InChI is InChI=1S/C15H22N2O2/c1-3-9-19-12-15(18)11-17(13-6-7-13)10-14-5-4-8-16(14)2/h1,4-5,8,13,15,18H,6-7,9-12H2,2H3. The van der Waals surface area contributed by atoms with Crippen LogP contribution in [0.4, 0.5) is 0 Å². The van der Waals surface area contributed by atoms with Gasteiger partial charge in [0.2, 0.25) is 0 Å². The summed E-state index contributed by atoms with van der Waals surface area (Å²) in [6.45, 7) is 2.08. The van der Waals surface area contributed by atoms with Gasteiger partial charge in [0.15, 0.2) is 0 Å². The molecule has 1 aliphatic rings. The summed E-state index contributed by atoms with van der Waals surface area (Å²) in [4.78, 5) is 2.33. The third-order valence-corrected chi connectivity index (χ3v) is 3.42. The molecule has 0 amide bonds. The molecule has 1 fully saturated rings. The van der Waals surface area contributed by atoms with E-state index in [9.17, 15) is 5.11 Å². The Morgan fingerprint density at radius 1 is 1.63 bits per heavy atom. The lowest BCUT2D eigenvalue weighted by Gasteiger charge is -2.25. The molecule has 1 atom stereocenters. The molecule has 0 aromatic carbocycles. The van der Waals surface area contributed by atoms with Crippen molar-refractivity contribution in [1.29, 1.82) is 0 Å². The van der Waals surface area contributed by atoms with Crippen LogP contribution in [0.25, 0.3) is 0 Å². The number of hydrogen-bond acceptors (Lipinski definition) is 3. The predicted molar refractivity (Wildman–Crippen MR) is 74.5 cm³/mol. The number of rotatable bonds is 8. The molecule has 0 aliphatic heterocycles. The Labute approximate surface area is 115 Å². The van der Waals surface area contributed by atoms with Crippen LogP contribution < -0.4 is 0 Å². The van der Waals surface area contributed by atoms with Crippen molar-refractivity contribution in [2.45, 2.75) is 31.5 Å². The molecule has 19 heavy (non-hydrogen) atoms. The van der Waals surface area contributed by atoms with E-state index in [1.165, 1.54) is 18.5 Å². The molecule has 2 rings (SSSR count). The summed E-state index contributed by atoms with van der Waals surface area (Å²) < 4.78 is 7.31. The molecule has 1 aromatic heterocycles. The quantitative estimate of drug-likeness (QED) is 0.561. The van der Waals surface area contributed by atoms with Gasteiger partial charge < -0.3 is 14.4 Å². The molecule has 104 valence electrons. The summed E-state index contributed by atoms with van der Waals surface area (Å²) in [6.07, 6.45) is 9.13. The van der Waals surface area contributed by atoms with Crippen molar-refractivity contribution in [2.24, 2.45) is 7.05 Å². The lowest BCUT2D eigenvalue weighted by molar-refractivity contribution is 0.0238. The van der Waals surface area contributed by atoms with Crippen LogP contribution in [-0.2, 0) is 18.3 Å². The number of aryl methyl sites for hydroxylation is 1. The lowest BCUT2D eigenvalue weighted by Crippen LogP contribution is -2.36. The van der Waals surface area contributed by atoms with E-state index in [4.69, 9.17) is 11.2 Å². The number of ether oxygens (including phenoxy) is 1. The van der Waals surface area contributed by atoms with E-state index >= 15 is 0 Å². The average Bonchev–Trinajstić information content (AvgIpc) is 3.15. The van der Waals surface area contributed by atoms with E-state index < -0.39 is 6.10 Å². The molecular formula is C15H22N2O2. The Morgan fingerprint density at radius 2 is 2.42 bits per heavy atom. The molecule has 1 unspecified atom stereocenters. The molecular weight excluding hydrogens is 240 g/mol. The predicted octanol–water partition coefficient (Wildman–Crippen LogP) is 1.00. The highest BCUT2D eigenvalue weighted by atomic mass is 16.5. The Balaban J connectivity index is 1.83. The van der Waals surface area contributed by atoms with Gasteiger partial charge in [-0.15, -0.1) is 6.42 Å². The molecule has 1 aromatic rings. The van der Waals surface area contributed by atoms with Gasteiger partial charge in [0.1, 0.15) is 6.61 Å². The minimum Gasteiger partial charge on any atom is -0.389 e. The van der Waals surface area contributed by atoms with Gasteiger partial charge in [0.05, 0.1) is 12.7 Å². The van der Waals surface area contributed by atoms with E-state index in [0.29, 0.717) is 19.2 Å². The minimum atomic E-state index is -0.478. The van der Waals surface area contributed by atoms with Crippen molar-refractivity contribution in [2.75, 3.05) is 19.8 Å². The van der Waals surface area contributed by atoms with Crippen molar-refractivity contribution < 1.29 is 9.84 Å². The number of nitrogens with zero attached hydrogens (tertiary/aromatic N) is 2. The molecule has 0 spiro atoms. The highest BCUT2D eigenvalue weighted by Crippen LogP contribution is 2.28. The number of terminal acetylenes is 1. The number of hydrogen-bond donors (Lipinski definition) is 1. The molecule has 1 heterocycles.